The Balaban J connectivity index is 2.12. The number of halogens is 2. The molecule has 0 saturated carbocycles. The van der Waals surface area contributed by atoms with Crippen molar-refractivity contribution in [1.82, 2.24) is 5.32 Å². The molecule has 2 rings (SSSR count). The van der Waals surface area contributed by atoms with E-state index < -0.39 is 5.92 Å². The Morgan fingerprint density at radius 3 is 2.38 bits per heavy atom. The molecular weight excluding hydrogens is 208 g/mol. The summed E-state index contributed by atoms with van der Waals surface area (Å²) in [4.78, 5) is 0. The number of piperidine rings is 1. The monoisotopic (exact) mass is 225 g/mol. The van der Waals surface area contributed by atoms with Crippen molar-refractivity contribution in [3.63, 3.8) is 0 Å². The average molecular weight is 225 g/mol. The summed E-state index contributed by atoms with van der Waals surface area (Å²) in [5.74, 6) is -2.74. The van der Waals surface area contributed by atoms with E-state index in [1.165, 1.54) is 25.0 Å². The zero-order valence-corrected chi connectivity index (χ0v) is 9.47. The van der Waals surface area contributed by atoms with Crippen molar-refractivity contribution in [1.29, 1.82) is 0 Å². The second kappa shape index (κ2) is 4.50. The standard InChI is InChI=1S/C13H17F2N/c1-13(14,15)11-7-5-10(6-8-11)12-4-2-3-9-16-12/h5-8,12,16H,2-4,9H2,1H3. The molecule has 1 N–H and O–H groups in total. The molecule has 0 amide bonds. The lowest BCUT2D eigenvalue weighted by Gasteiger charge is -2.24. The van der Waals surface area contributed by atoms with Crippen LogP contribution in [-0.2, 0) is 5.92 Å². The third kappa shape index (κ3) is 2.59. The molecule has 0 aliphatic carbocycles. The number of alkyl halides is 2. The lowest BCUT2D eigenvalue weighted by Crippen LogP contribution is -2.26. The van der Waals surface area contributed by atoms with Gasteiger partial charge in [0.15, 0.2) is 0 Å². The van der Waals surface area contributed by atoms with Gasteiger partial charge in [-0.25, -0.2) is 8.78 Å². The normalized spacial score (nSPS) is 22.1. The number of hydrogen-bond donors (Lipinski definition) is 1. The Morgan fingerprint density at radius 1 is 1.19 bits per heavy atom. The van der Waals surface area contributed by atoms with Crippen molar-refractivity contribution in [2.45, 2.75) is 38.2 Å². The summed E-state index contributed by atoms with van der Waals surface area (Å²) in [5, 5.41) is 3.41. The molecule has 0 spiro atoms. The Hall–Kier alpha value is -0.960. The summed E-state index contributed by atoms with van der Waals surface area (Å²) >= 11 is 0. The van der Waals surface area contributed by atoms with Crippen LogP contribution >= 0.6 is 0 Å². The molecule has 1 nitrogen and oxygen atoms in total. The lowest BCUT2D eigenvalue weighted by molar-refractivity contribution is 0.0174. The third-order valence-corrected chi connectivity index (χ3v) is 3.13. The Morgan fingerprint density at radius 2 is 1.88 bits per heavy atom. The van der Waals surface area contributed by atoms with Gasteiger partial charge in [0.2, 0.25) is 0 Å². The summed E-state index contributed by atoms with van der Waals surface area (Å²) in [5.41, 5.74) is 1.21. The van der Waals surface area contributed by atoms with E-state index in [9.17, 15) is 8.78 Å². The zero-order valence-electron chi connectivity index (χ0n) is 9.47. The van der Waals surface area contributed by atoms with Crippen molar-refractivity contribution < 1.29 is 8.78 Å². The SMILES string of the molecule is CC(F)(F)c1ccc(C2CCCCN2)cc1. The molecular formula is C13H17F2N. The average Bonchev–Trinajstić information content (AvgIpc) is 2.29. The molecule has 1 aromatic rings. The summed E-state index contributed by atoms with van der Waals surface area (Å²) in [6.07, 6.45) is 3.52. The smallest absolute Gasteiger partial charge is 0.270 e. The summed E-state index contributed by atoms with van der Waals surface area (Å²) < 4.78 is 26.0. The summed E-state index contributed by atoms with van der Waals surface area (Å²) in [7, 11) is 0. The van der Waals surface area contributed by atoms with Crippen molar-refractivity contribution >= 4 is 0 Å². The van der Waals surface area contributed by atoms with Crippen LogP contribution in [0.25, 0.3) is 0 Å². The van der Waals surface area contributed by atoms with Crippen LogP contribution in [0.3, 0.4) is 0 Å². The number of benzene rings is 1. The predicted molar refractivity (Wildman–Crippen MR) is 60.6 cm³/mol. The van der Waals surface area contributed by atoms with E-state index in [1.807, 2.05) is 12.1 Å². The maximum absolute atomic E-state index is 13.0. The molecule has 1 aliphatic rings. The van der Waals surface area contributed by atoms with Gasteiger partial charge in [-0.3, -0.25) is 0 Å². The predicted octanol–water partition coefficient (Wildman–Crippen LogP) is 3.61. The zero-order chi connectivity index (χ0) is 11.6. The fourth-order valence-electron chi connectivity index (χ4n) is 2.14. The van der Waals surface area contributed by atoms with Crippen LogP contribution in [0.5, 0.6) is 0 Å². The highest BCUT2D eigenvalue weighted by Crippen LogP contribution is 2.29. The molecule has 1 saturated heterocycles. The molecule has 0 bridgehead atoms. The first-order valence-electron chi connectivity index (χ1n) is 5.79. The minimum absolute atomic E-state index is 0.0899. The molecule has 0 aromatic heterocycles. The van der Waals surface area contributed by atoms with Gasteiger partial charge >= 0.3 is 0 Å². The molecule has 1 atom stereocenters. The quantitative estimate of drug-likeness (QED) is 0.810. The van der Waals surface area contributed by atoms with Crippen LogP contribution in [0.2, 0.25) is 0 Å². The molecule has 1 fully saturated rings. The van der Waals surface area contributed by atoms with Gasteiger partial charge in [0, 0.05) is 18.5 Å². The van der Waals surface area contributed by atoms with Crippen molar-refractivity contribution in [3.8, 4) is 0 Å². The van der Waals surface area contributed by atoms with Crippen LogP contribution in [-0.4, -0.2) is 6.54 Å². The van der Waals surface area contributed by atoms with E-state index in [-0.39, 0.29) is 5.56 Å². The fraction of sp³-hybridized carbons (Fsp3) is 0.538. The highest BCUT2D eigenvalue weighted by molar-refractivity contribution is 5.27. The largest absolute Gasteiger partial charge is 0.310 e. The van der Waals surface area contributed by atoms with Crippen LogP contribution in [0.1, 0.15) is 43.4 Å². The first kappa shape index (κ1) is 11.5. The van der Waals surface area contributed by atoms with Gasteiger partial charge in [-0.05, 0) is 24.9 Å². The first-order chi connectivity index (χ1) is 7.57. The van der Waals surface area contributed by atoms with Crippen LogP contribution in [0, 0.1) is 0 Å². The first-order valence-corrected chi connectivity index (χ1v) is 5.79. The van der Waals surface area contributed by atoms with E-state index in [0.717, 1.165) is 25.5 Å². The summed E-state index contributed by atoms with van der Waals surface area (Å²) in [6, 6.07) is 7.04. The molecule has 3 heteroatoms. The van der Waals surface area contributed by atoms with E-state index in [0.29, 0.717) is 6.04 Å². The topological polar surface area (TPSA) is 12.0 Å². The molecule has 16 heavy (non-hydrogen) atoms. The summed E-state index contributed by atoms with van der Waals surface area (Å²) in [6.45, 7) is 1.96. The molecule has 1 aromatic carbocycles. The van der Waals surface area contributed by atoms with Crippen molar-refractivity contribution in [2.75, 3.05) is 6.54 Å². The van der Waals surface area contributed by atoms with E-state index in [1.54, 1.807) is 0 Å². The van der Waals surface area contributed by atoms with Gasteiger partial charge in [-0.15, -0.1) is 0 Å². The molecule has 1 heterocycles. The Labute approximate surface area is 94.9 Å². The molecule has 1 unspecified atom stereocenters. The Kier molecular flexibility index (Phi) is 3.24. The van der Waals surface area contributed by atoms with Gasteiger partial charge in [-0.2, -0.15) is 0 Å². The maximum Gasteiger partial charge on any atom is 0.270 e. The van der Waals surface area contributed by atoms with Gasteiger partial charge < -0.3 is 5.32 Å². The van der Waals surface area contributed by atoms with E-state index in [4.69, 9.17) is 0 Å². The minimum Gasteiger partial charge on any atom is -0.310 e. The fourth-order valence-corrected chi connectivity index (χ4v) is 2.14. The van der Waals surface area contributed by atoms with Crippen LogP contribution in [0.15, 0.2) is 24.3 Å². The van der Waals surface area contributed by atoms with Gasteiger partial charge in [0.25, 0.3) is 5.92 Å². The lowest BCUT2D eigenvalue weighted by atomic mass is 9.96. The second-order valence-corrected chi connectivity index (χ2v) is 4.51. The van der Waals surface area contributed by atoms with Crippen LogP contribution in [0.4, 0.5) is 8.78 Å². The number of rotatable bonds is 2. The second-order valence-electron chi connectivity index (χ2n) is 4.51. The molecule has 88 valence electrons. The van der Waals surface area contributed by atoms with Crippen molar-refractivity contribution in [3.05, 3.63) is 35.4 Å². The highest BCUT2D eigenvalue weighted by Gasteiger charge is 2.24. The molecule has 0 radical (unpaired) electrons. The minimum atomic E-state index is -2.74. The third-order valence-electron chi connectivity index (χ3n) is 3.13. The van der Waals surface area contributed by atoms with Crippen molar-refractivity contribution in [2.24, 2.45) is 0 Å². The number of hydrogen-bond acceptors (Lipinski definition) is 1. The highest BCUT2D eigenvalue weighted by atomic mass is 19.3. The number of nitrogens with one attached hydrogen (secondary N) is 1. The van der Waals surface area contributed by atoms with Gasteiger partial charge in [0.05, 0.1) is 0 Å². The Bertz CT molecular complexity index is 334. The maximum atomic E-state index is 13.0. The van der Waals surface area contributed by atoms with E-state index >= 15 is 0 Å². The molecule has 1 aliphatic heterocycles. The van der Waals surface area contributed by atoms with Gasteiger partial charge in [0.1, 0.15) is 0 Å². The van der Waals surface area contributed by atoms with Gasteiger partial charge in [-0.1, -0.05) is 30.7 Å². The van der Waals surface area contributed by atoms with Crippen LogP contribution < -0.4 is 5.32 Å². The van der Waals surface area contributed by atoms with E-state index in [2.05, 4.69) is 5.32 Å².